The van der Waals surface area contributed by atoms with Gasteiger partial charge in [0.1, 0.15) is 30.2 Å². The maximum Gasteiger partial charge on any atom is 0.415 e. The van der Waals surface area contributed by atoms with E-state index < -0.39 is 42.8 Å². The lowest BCUT2D eigenvalue weighted by atomic mass is 9.97. The Kier molecular flexibility index (Phi) is 14.2. The van der Waals surface area contributed by atoms with Gasteiger partial charge in [0.15, 0.2) is 6.23 Å². The molecule has 3 amide bonds. The van der Waals surface area contributed by atoms with Gasteiger partial charge >= 0.3 is 12.1 Å². The van der Waals surface area contributed by atoms with E-state index in [4.69, 9.17) is 33.2 Å². The Labute approximate surface area is 292 Å². The summed E-state index contributed by atoms with van der Waals surface area (Å²) in [4.78, 5) is 25.2. The molecule has 0 bridgehead atoms. The molecular formula is C39H44N2O9. The lowest BCUT2D eigenvalue weighted by molar-refractivity contribution is -0.275. The number of hydrogen-bond donors (Lipinski definition) is 2. The van der Waals surface area contributed by atoms with Crippen molar-refractivity contribution in [3.63, 3.8) is 0 Å². The summed E-state index contributed by atoms with van der Waals surface area (Å²) in [6.45, 7) is 2.84. The van der Waals surface area contributed by atoms with Crippen LogP contribution in [0, 0.1) is 0 Å². The average Bonchev–Trinajstić information content (AvgIpc) is 3.14. The summed E-state index contributed by atoms with van der Waals surface area (Å²) in [6.07, 6.45) is -4.99. The van der Waals surface area contributed by atoms with Crippen molar-refractivity contribution in [3.05, 3.63) is 138 Å². The summed E-state index contributed by atoms with van der Waals surface area (Å²) in [5.41, 5.74) is 3.76. The molecule has 4 aromatic carbocycles. The van der Waals surface area contributed by atoms with Gasteiger partial charge in [-0.2, -0.15) is 0 Å². The second-order valence-corrected chi connectivity index (χ2v) is 11.6. The lowest BCUT2D eigenvalue weighted by Gasteiger charge is -2.46. The van der Waals surface area contributed by atoms with Gasteiger partial charge in [-0.05, 0) is 41.3 Å². The SMILES string of the molecule is CCOC(=O)NC(=O)N[C@@H]1O[C@H](COCc2ccc(OC)cc2)[C@@H](OCc2ccccc2)[C@H](OCc2ccccc2)[C@H]1OCc1ccccc1. The van der Waals surface area contributed by atoms with Gasteiger partial charge in [0.25, 0.3) is 0 Å². The van der Waals surface area contributed by atoms with E-state index in [-0.39, 0.29) is 33.0 Å². The van der Waals surface area contributed by atoms with E-state index in [0.29, 0.717) is 6.61 Å². The van der Waals surface area contributed by atoms with Crippen LogP contribution in [0.1, 0.15) is 29.2 Å². The maximum absolute atomic E-state index is 13.1. The monoisotopic (exact) mass is 684 g/mol. The Hall–Kier alpha value is -4.78. The van der Waals surface area contributed by atoms with Crippen LogP contribution < -0.4 is 15.4 Å². The minimum atomic E-state index is -1.07. The minimum Gasteiger partial charge on any atom is -0.497 e. The molecule has 0 aliphatic carbocycles. The fourth-order valence-corrected chi connectivity index (χ4v) is 5.48. The first kappa shape index (κ1) is 36.5. The Morgan fingerprint density at radius 1 is 0.640 bits per heavy atom. The van der Waals surface area contributed by atoms with Gasteiger partial charge in [-0.3, -0.25) is 0 Å². The summed E-state index contributed by atoms with van der Waals surface area (Å²) < 4.78 is 42.7. The van der Waals surface area contributed by atoms with Crippen molar-refractivity contribution in [1.82, 2.24) is 10.6 Å². The topological polar surface area (TPSA) is 123 Å². The summed E-state index contributed by atoms with van der Waals surface area (Å²) in [5, 5.41) is 4.95. The Bertz CT molecular complexity index is 1580. The fraction of sp³-hybridized carbons (Fsp3) is 0.333. The third-order valence-corrected chi connectivity index (χ3v) is 7.96. The number of carbonyl (C=O) groups excluding carboxylic acids is 2. The van der Waals surface area contributed by atoms with Crippen LogP contribution in [-0.2, 0) is 54.8 Å². The fourth-order valence-electron chi connectivity index (χ4n) is 5.48. The molecule has 11 nitrogen and oxygen atoms in total. The van der Waals surface area contributed by atoms with Gasteiger partial charge < -0.3 is 38.5 Å². The van der Waals surface area contributed by atoms with Crippen molar-refractivity contribution < 1.29 is 42.7 Å². The van der Waals surface area contributed by atoms with Gasteiger partial charge in [-0.15, -0.1) is 0 Å². The summed E-state index contributed by atoms with van der Waals surface area (Å²) >= 11 is 0. The molecule has 2 N–H and O–H groups in total. The Morgan fingerprint density at radius 2 is 1.14 bits per heavy atom. The third-order valence-electron chi connectivity index (χ3n) is 7.96. The van der Waals surface area contributed by atoms with Crippen LogP contribution in [0.3, 0.4) is 0 Å². The van der Waals surface area contributed by atoms with Crippen LogP contribution in [0.2, 0.25) is 0 Å². The first-order chi connectivity index (χ1) is 24.5. The molecule has 264 valence electrons. The predicted molar refractivity (Wildman–Crippen MR) is 185 cm³/mol. The molecular weight excluding hydrogens is 640 g/mol. The smallest absolute Gasteiger partial charge is 0.415 e. The number of carbonyl (C=O) groups is 2. The number of hydrogen-bond acceptors (Lipinski definition) is 9. The second kappa shape index (κ2) is 19.4. The van der Waals surface area contributed by atoms with Gasteiger partial charge in [-0.1, -0.05) is 103 Å². The highest BCUT2D eigenvalue weighted by Gasteiger charge is 2.49. The van der Waals surface area contributed by atoms with E-state index in [2.05, 4.69) is 10.6 Å². The van der Waals surface area contributed by atoms with Crippen molar-refractivity contribution in [1.29, 1.82) is 0 Å². The molecule has 0 unspecified atom stereocenters. The number of methoxy groups -OCH3 is 1. The van der Waals surface area contributed by atoms with E-state index in [9.17, 15) is 9.59 Å². The molecule has 0 saturated carbocycles. The van der Waals surface area contributed by atoms with Crippen LogP contribution in [0.5, 0.6) is 5.75 Å². The number of imide groups is 1. The zero-order chi connectivity index (χ0) is 35.0. The molecule has 5 atom stereocenters. The first-order valence-corrected chi connectivity index (χ1v) is 16.6. The summed E-state index contributed by atoms with van der Waals surface area (Å²) in [6, 6.07) is 36.0. The highest BCUT2D eigenvalue weighted by molar-refractivity contribution is 5.90. The summed E-state index contributed by atoms with van der Waals surface area (Å²) in [7, 11) is 1.62. The van der Waals surface area contributed by atoms with Crippen molar-refractivity contribution in [3.8, 4) is 5.75 Å². The van der Waals surface area contributed by atoms with Gasteiger partial charge in [-0.25, -0.2) is 14.9 Å². The van der Waals surface area contributed by atoms with Crippen molar-refractivity contribution in [2.75, 3.05) is 20.3 Å². The molecule has 1 saturated heterocycles. The molecule has 1 fully saturated rings. The quantitative estimate of drug-likeness (QED) is 0.143. The van der Waals surface area contributed by atoms with Crippen molar-refractivity contribution in [2.45, 2.75) is 64.0 Å². The van der Waals surface area contributed by atoms with Crippen LogP contribution in [0.4, 0.5) is 9.59 Å². The molecule has 0 radical (unpaired) electrons. The number of benzene rings is 4. The predicted octanol–water partition coefficient (Wildman–Crippen LogP) is 6.15. The van der Waals surface area contributed by atoms with E-state index in [1.807, 2.05) is 115 Å². The molecule has 0 spiro atoms. The minimum absolute atomic E-state index is 0.0970. The number of rotatable bonds is 16. The number of nitrogens with one attached hydrogen (secondary N) is 2. The van der Waals surface area contributed by atoms with Crippen molar-refractivity contribution >= 4 is 12.1 Å². The van der Waals surface area contributed by atoms with E-state index in [0.717, 1.165) is 28.0 Å². The van der Waals surface area contributed by atoms with Crippen LogP contribution in [0.25, 0.3) is 0 Å². The number of ether oxygens (including phenoxy) is 7. The number of alkyl carbamates (subject to hydrolysis) is 1. The van der Waals surface area contributed by atoms with Crippen LogP contribution in [-0.4, -0.2) is 63.1 Å². The highest BCUT2D eigenvalue weighted by Crippen LogP contribution is 2.30. The molecule has 1 aliphatic heterocycles. The molecule has 4 aromatic rings. The normalized spacial score (nSPS) is 20.1. The molecule has 50 heavy (non-hydrogen) atoms. The average molecular weight is 685 g/mol. The maximum atomic E-state index is 13.1. The Morgan fingerprint density at radius 3 is 1.66 bits per heavy atom. The van der Waals surface area contributed by atoms with Crippen LogP contribution in [0.15, 0.2) is 115 Å². The molecule has 11 heteroatoms. The molecule has 1 heterocycles. The summed E-state index contributed by atoms with van der Waals surface area (Å²) in [5.74, 6) is 0.744. The van der Waals surface area contributed by atoms with Gasteiger partial charge in [0, 0.05) is 0 Å². The number of urea groups is 1. The first-order valence-electron chi connectivity index (χ1n) is 16.6. The molecule has 5 rings (SSSR count). The lowest BCUT2D eigenvalue weighted by Crippen LogP contribution is -2.66. The molecule has 1 aliphatic rings. The third kappa shape index (κ3) is 11.1. The van der Waals surface area contributed by atoms with Crippen molar-refractivity contribution in [2.24, 2.45) is 0 Å². The largest absolute Gasteiger partial charge is 0.497 e. The second-order valence-electron chi connectivity index (χ2n) is 11.6. The Balaban J connectivity index is 1.44. The van der Waals surface area contributed by atoms with E-state index in [1.165, 1.54) is 0 Å². The highest BCUT2D eigenvalue weighted by atomic mass is 16.6. The van der Waals surface area contributed by atoms with Gasteiger partial charge in [0.2, 0.25) is 0 Å². The van der Waals surface area contributed by atoms with Gasteiger partial charge in [0.05, 0.1) is 46.8 Å². The zero-order valence-electron chi connectivity index (χ0n) is 28.3. The number of amides is 3. The van der Waals surface area contributed by atoms with E-state index in [1.54, 1.807) is 14.0 Å². The standard InChI is InChI=1S/C39H44N2O9/c1-3-46-39(43)41-38(42)40-37-36(49-26-30-17-11-6-12-18-30)35(48-25-29-15-9-5-10-16-29)34(47-24-28-13-7-4-8-14-28)33(50-37)27-45-23-31-19-21-32(44-2)22-20-31/h4-22,33-37H,3,23-27H2,1-2H3,(H2,40,41,42,43)/t33-,34-,35+,36-,37-/m1/s1. The zero-order valence-corrected chi connectivity index (χ0v) is 28.3. The van der Waals surface area contributed by atoms with Crippen LogP contribution >= 0.6 is 0 Å². The molecule has 0 aromatic heterocycles. The van der Waals surface area contributed by atoms with E-state index >= 15 is 0 Å².